The molecular formula is C67H48N2O. The quantitative estimate of drug-likeness (QED) is 0.144. The Labute approximate surface area is 409 Å². The van der Waals surface area contributed by atoms with Crippen LogP contribution in [-0.2, 0) is 5.41 Å². The lowest BCUT2D eigenvalue weighted by Crippen LogP contribution is -2.15. The van der Waals surface area contributed by atoms with Crippen LogP contribution in [0.25, 0.3) is 66.4 Å². The van der Waals surface area contributed by atoms with Crippen LogP contribution in [0.5, 0.6) is 11.5 Å². The summed E-state index contributed by atoms with van der Waals surface area (Å²) in [4.78, 5) is 4.67. The highest BCUT2D eigenvalue weighted by molar-refractivity contribution is 6.08. The van der Waals surface area contributed by atoms with Crippen molar-refractivity contribution in [3.8, 4) is 67.1 Å². The highest BCUT2D eigenvalue weighted by Crippen LogP contribution is 2.53. The zero-order valence-electron chi connectivity index (χ0n) is 39.1. The maximum absolute atomic E-state index is 7.07. The van der Waals surface area contributed by atoms with Gasteiger partial charge < -0.3 is 14.5 Å². The van der Waals surface area contributed by atoms with Gasteiger partial charge in [-0.25, -0.2) is 0 Å². The average molecular weight is 897 g/mol. The fourth-order valence-electron chi connectivity index (χ4n) is 10.9. The van der Waals surface area contributed by atoms with E-state index in [2.05, 4.69) is 278 Å². The predicted octanol–water partition coefficient (Wildman–Crippen LogP) is 18.9. The van der Waals surface area contributed by atoms with E-state index in [1.165, 1.54) is 38.9 Å². The number of fused-ring (bicyclic) bond motifs is 5. The van der Waals surface area contributed by atoms with Crippen LogP contribution in [-0.4, -0.2) is 0 Å². The molecule has 0 saturated heterocycles. The first kappa shape index (κ1) is 41.3. The molecule has 11 aromatic carbocycles. The Bertz CT molecular complexity index is 3690. The molecule has 3 nitrogen and oxygen atoms in total. The second-order valence-corrected chi connectivity index (χ2v) is 18.9. The van der Waals surface area contributed by atoms with Crippen molar-refractivity contribution < 1.29 is 4.74 Å². The minimum absolute atomic E-state index is 0.0609. The third-order valence-corrected chi connectivity index (χ3v) is 14.5. The molecule has 3 heteroatoms. The normalized spacial score (nSPS) is 12.7. The fourth-order valence-corrected chi connectivity index (χ4v) is 10.9. The maximum Gasteiger partial charge on any atom is 0.143 e. The Morgan fingerprint density at radius 2 is 0.757 bits per heavy atom. The Balaban J connectivity index is 0.837. The standard InChI is InChI=1S/C67H48N2O/c1-67(2)62-24-13-12-22-58(62)61-43-55(39-42-63(61)67)69(53-34-29-47(30-35-53)45-15-6-3-7-16-45)54-36-31-48(32-37-54)46-25-27-49(28-26-46)57-40-33-50-17-14-23-60-59-41-38-56(44-64(59)70-66(57)65(50)60)68(51-18-8-4-9-19-51)52-20-10-5-11-21-52/h3-44H,1-2H3. The first-order chi connectivity index (χ1) is 34.5. The summed E-state index contributed by atoms with van der Waals surface area (Å²) in [5.74, 6) is 1.73. The van der Waals surface area contributed by atoms with E-state index in [1.807, 2.05) is 0 Å². The summed E-state index contributed by atoms with van der Waals surface area (Å²) in [5, 5.41) is 2.30. The first-order valence-electron chi connectivity index (χ1n) is 24.2. The van der Waals surface area contributed by atoms with Crippen LogP contribution in [0.4, 0.5) is 34.1 Å². The van der Waals surface area contributed by atoms with Gasteiger partial charge in [-0.1, -0.05) is 184 Å². The third kappa shape index (κ3) is 6.97. The number of para-hydroxylation sites is 2. The number of benzene rings is 11. The summed E-state index contributed by atoms with van der Waals surface area (Å²) in [7, 11) is 0. The molecule has 0 amide bonds. The molecule has 0 radical (unpaired) electrons. The van der Waals surface area contributed by atoms with E-state index >= 15 is 0 Å². The number of anilines is 6. The summed E-state index contributed by atoms with van der Waals surface area (Å²) < 4.78 is 7.07. The SMILES string of the molecule is CC1(C)c2ccccc2-c2cc(N(c3ccc(-c4ccccc4)cc3)c3ccc(-c4ccc(-c5ccc6cccc7c6c5Oc5cc(N(c6ccccc6)c6ccccc6)ccc5-7)cc4)cc3)ccc21. The lowest BCUT2D eigenvalue weighted by molar-refractivity contribution is 0.489. The zero-order chi connectivity index (χ0) is 46.8. The van der Waals surface area contributed by atoms with Crippen molar-refractivity contribution >= 4 is 44.9 Å². The van der Waals surface area contributed by atoms with E-state index in [1.54, 1.807) is 0 Å². The summed E-state index contributed by atoms with van der Waals surface area (Å²) >= 11 is 0. The molecule has 0 saturated carbocycles. The van der Waals surface area contributed by atoms with Gasteiger partial charge in [0.2, 0.25) is 0 Å². The average Bonchev–Trinajstić information content (AvgIpc) is 3.65. The van der Waals surface area contributed by atoms with Gasteiger partial charge in [-0.05, 0) is 140 Å². The van der Waals surface area contributed by atoms with Gasteiger partial charge in [0.05, 0.1) is 0 Å². The molecule has 1 heterocycles. The van der Waals surface area contributed by atoms with Gasteiger partial charge in [0, 0.05) is 62.1 Å². The van der Waals surface area contributed by atoms with E-state index < -0.39 is 0 Å². The fraction of sp³-hybridized carbons (Fsp3) is 0.0448. The van der Waals surface area contributed by atoms with Crippen molar-refractivity contribution in [3.05, 3.63) is 266 Å². The van der Waals surface area contributed by atoms with Crippen molar-refractivity contribution in [2.45, 2.75) is 19.3 Å². The molecule has 2 aliphatic rings. The van der Waals surface area contributed by atoms with Crippen molar-refractivity contribution in [2.75, 3.05) is 9.80 Å². The van der Waals surface area contributed by atoms with E-state index in [0.717, 1.165) is 84.2 Å². The van der Waals surface area contributed by atoms with Crippen LogP contribution in [0.3, 0.4) is 0 Å². The summed E-state index contributed by atoms with van der Waals surface area (Å²) in [6.07, 6.45) is 0. The van der Waals surface area contributed by atoms with Crippen LogP contribution in [0.15, 0.2) is 255 Å². The molecule has 0 fully saturated rings. The van der Waals surface area contributed by atoms with E-state index in [4.69, 9.17) is 4.74 Å². The molecule has 0 spiro atoms. The Hall–Kier alpha value is -8.92. The number of ether oxygens (including phenoxy) is 1. The molecule has 11 aromatic rings. The second-order valence-electron chi connectivity index (χ2n) is 18.9. The van der Waals surface area contributed by atoms with E-state index in [9.17, 15) is 0 Å². The Morgan fingerprint density at radius 1 is 0.300 bits per heavy atom. The largest absolute Gasteiger partial charge is 0.455 e. The van der Waals surface area contributed by atoms with E-state index in [-0.39, 0.29) is 5.41 Å². The highest BCUT2D eigenvalue weighted by Gasteiger charge is 2.35. The first-order valence-corrected chi connectivity index (χ1v) is 24.2. The molecule has 1 aliphatic heterocycles. The third-order valence-electron chi connectivity index (χ3n) is 14.5. The van der Waals surface area contributed by atoms with Gasteiger partial charge in [-0.15, -0.1) is 0 Å². The van der Waals surface area contributed by atoms with Crippen LogP contribution in [0.2, 0.25) is 0 Å². The number of nitrogens with zero attached hydrogens (tertiary/aromatic N) is 2. The second kappa shape index (κ2) is 16.7. The molecule has 332 valence electrons. The number of hydrogen-bond acceptors (Lipinski definition) is 3. The molecular weight excluding hydrogens is 849 g/mol. The Morgan fingerprint density at radius 3 is 1.40 bits per heavy atom. The van der Waals surface area contributed by atoms with Gasteiger partial charge in [-0.3, -0.25) is 0 Å². The Kier molecular flexibility index (Phi) is 9.85. The number of hydrogen-bond donors (Lipinski definition) is 0. The number of rotatable bonds is 9. The summed E-state index contributed by atoms with van der Waals surface area (Å²) in [5.41, 5.74) is 21.0. The lowest BCUT2D eigenvalue weighted by Gasteiger charge is -2.28. The summed E-state index contributed by atoms with van der Waals surface area (Å²) in [6.45, 7) is 4.68. The zero-order valence-corrected chi connectivity index (χ0v) is 39.1. The molecule has 0 bridgehead atoms. The lowest BCUT2D eigenvalue weighted by atomic mass is 9.82. The van der Waals surface area contributed by atoms with E-state index in [0.29, 0.717) is 0 Å². The topological polar surface area (TPSA) is 15.7 Å². The van der Waals surface area contributed by atoms with Gasteiger partial charge in [0.1, 0.15) is 11.5 Å². The van der Waals surface area contributed by atoms with Crippen LogP contribution < -0.4 is 14.5 Å². The van der Waals surface area contributed by atoms with Crippen LogP contribution >= 0.6 is 0 Å². The summed E-state index contributed by atoms with van der Waals surface area (Å²) in [6, 6.07) is 92.0. The van der Waals surface area contributed by atoms with Gasteiger partial charge >= 0.3 is 0 Å². The van der Waals surface area contributed by atoms with Crippen molar-refractivity contribution in [1.29, 1.82) is 0 Å². The molecule has 0 unspecified atom stereocenters. The molecule has 70 heavy (non-hydrogen) atoms. The van der Waals surface area contributed by atoms with Gasteiger partial charge in [0.25, 0.3) is 0 Å². The molecule has 0 aromatic heterocycles. The highest BCUT2D eigenvalue weighted by atomic mass is 16.5. The van der Waals surface area contributed by atoms with Crippen molar-refractivity contribution in [2.24, 2.45) is 0 Å². The smallest absolute Gasteiger partial charge is 0.143 e. The van der Waals surface area contributed by atoms with Crippen LogP contribution in [0, 0.1) is 0 Å². The van der Waals surface area contributed by atoms with Gasteiger partial charge in [0.15, 0.2) is 0 Å². The predicted molar refractivity (Wildman–Crippen MR) is 293 cm³/mol. The maximum atomic E-state index is 7.07. The monoisotopic (exact) mass is 896 g/mol. The molecule has 1 aliphatic carbocycles. The van der Waals surface area contributed by atoms with Crippen molar-refractivity contribution in [1.82, 2.24) is 0 Å². The van der Waals surface area contributed by atoms with Crippen LogP contribution in [0.1, 0.15) is 25.0 Å². The minimum Gasteiger partial charge on any atom is -0.455 e. The minimum atomic E-state index is -0.0609. The molecule has 0 atom stereocenters. The van der Waals surface area contributed by atoms with Gasteiger partial charge in [-0.2, -0.15) is 0 Å². The van der Waals surface area contributed by atoms with Crippen molar-refractivity contribution in [3.63, 3.8) is 0 Å². The molecule has 0 N–H and O–H groups in total. The molecule has 13 rings (SSSR count).